The highest BCUT2D eigenvalue weighted by Crippen LogP contribution is 2.25. The molecule has 1 fully saturated rings. The molecule has 124 valence electrons. The summed E-state index contributed by atoms with van der Waals surface area (Å²) in [5.41, 5.74) is 4.33. The molecular formula is C19H22N4O. The molecule has 1 saturated heterocycles. The number of hydrogen-bond acceptors (Lipinski definition) is 4. The highest BCUT2D eigenvalue weighted by molar-refractivity contribution is 5.58. The Bertz CT molecular complexity index is 821. The highest BCUT2D eigenvalue weighted by Gasteiger charge is 2.26. The lowest BCUT2D eigenvalue weighted by atomic mass is 10.1. The van der Waals surface area contributed by atoms with Crippen LogP contribution in [0.25, 0.3) is 11.3 Å². The minimum atomic E-state index is 0.454. The second kappa shape index (κ2) is 6.24. The van der Waals surface area contributed by atoms with Crippen LogP contribution in [0.5, 0.6) is 0 Å². The van der Waals surface area contributed by atoms with Crippen molar-refractivity contribution >= 4 is 0 Å². The molecule has 1 aromatic carbocycles. The van der Waals surface area contributed by atoms with Crippen LogP contribution in [0.2, 0.25) is 0 Å². The first-order valence-corrected chi connectivity index (χ1v) is 8.45. The molecule has 0 amide bonds. The third-order valence-electron chi connectivity index (χ3n) is 4.65. The quantitative estimate of drug-likeness (QED) is 0.736. The molecule has 1 aliphatic rings. The van der Waals surface area contributed by atoms with E-state index < -0.39 is 0 Å². The van der Waals surface area contributed by atoms with Gasteiger partial charge in [-0.05, 0) is 26.3 Å². The van der Waals surface area contributed by atoms with Crippen molar-refractivity contribution in [2.24, 2.45) is 0 Å². The van der Waals surface area contributed by atoms with Gasteiger partial charge in [0.2, 0.25) is 0 Å². The lowest BCUT2D eigenvalue weighted by Crippen LogP contribution is -2.21. The van der Waals surface area contributed by atoms with Gasteiger partial charge in [0.05, 0.1) is 18.3 Å². The van der Waals surface area contributed by atoms with Gasteiger partial charge in [-0.3, -0.25) is 9.58 Å². The summed E-state index contributed by atoms with van der Waals surface area (Å²) in [6.07, 6.45) is 1.13. The van der Waals surface area contributed by atoms with E-state index in [0.29, 0.717) is 6.04 Å². The zero-order chi connectivity index (χ0) is 16.5. The molecule has 0 N–H and O–H groups in total. The Balaban J connectivity index is 1.42. The zero-order valence-corrected chi connectivity index (χ0v) is 14.1. The summed E-state index contributed by atoms with van der Waals surface area (Å²) in [5, 5.41) is 8.84. The van der Waals surface area contributed by atoms with Crippen molar-refractivity contribution in [1.29, 1.82) is 0 Å². The first-order chi connectivity index (χ1) is 11.7. The van der Waals surface area contributed by atoms with Crippen LogP contribution < -0.4 is 0 Å². The van der Waals surface area contributed by atoms with Gasteiger partial charge in [0, 0.05) is 30.4 Å². The van der Waals surface area contributed by atoms with E-state index in [0.717, 1.165) is 48.8 Å². The van der Waals surface area contributed by atoms with Gasteiger partial charge >= 0.3 is 0 Å². The Labute approximate surface area is 141 Å². The van der Waals surface area contributed by atoms with Gasteiger partial charge in [-0.1, -0.05) is 35.5 Å². The van der Waals surface area contributed by atoms with E-state index in [1.165, 1.54) is 5.69 Å². The predicted octanol–water partition coefficient (Wildman–Crippen LogP) is 3.60. The third-order valence-corrected chi connectivity index (χ3v) is 4.65. The van der Waals surface area contributed by atoms with E-state index in [4.69, 9.17) is 4.52 Å². The first kappa shape index (κ1) is 15.1. The van der Waals surface area contributed by atoms with E-state index in [1.807, 2.05) is 24.3 Å². The van der Waals surface area contributed by atoms with Crippen molar-refractivity contribution in [3.63, 3.8) is 0 Å². The smallest absolute Gasteiger partial charge is 0.151 e. The second-order valence-corrected chi connectivity index (χ2v) is 6.59. The van der Waals surface area contributed by atoms with Gasteiger partial charge in [-0.2, -0.15) is 5.10 Å². The fourth-order valence-corrected chi connectivity index (χ4v) is 3.52. The van der Waals surface area contributed by atoms with Gasteiger partial charge in [0.25, 0.3) is 0 Å². The summed E-state index contributed by atoms with van der Waals surface area (Å²) in [6, 6.07) is 14.8. The van der Waals surface area contributed by atoms with E-state index >= 15 is 0 Å². The maximum absolute atomic E-state index is 5.54. The number of rotatable bonds is 4. The lowest BCUT2D eigenvalue weighted by Gasteiger charge is -2.15. The highest BCUT2D eigenvalue weighted by atomic mass is 16.5. The molecule has 1 aliphatic heterocycles. The lowest BCUT2D eigenvalue weighted by molar-refractivity contribution is 0.264. The molecule has 3 aromatic rings. The standard InChI is InChI=1S/C19H22N4O/c1-14-10-15(2)23(20-14)17-8-9-22(12-17)13-18-11-19(21-24-18)16-6-4-3-5-7-16/h3-7,10-11,17H,8-9,12-13H2,1-2H3. The molecule has 5 nitrogen and oxygen atoms in total. The van der Waals surface area contributed by atoms with Crippen LogP contribution in [0, 0.1) is 13.8 Å². The van der Waals surface area contributed by atoms with Crippen LogP contribution in [0.4, 0.5) is 0 Å². The number of likely N-dealkylation sites (tertiary alicyclic amines) is 1. The molecule has 0 spiro atoms. The second-order valence-electron chi connectivity index (χ2n) is 6.59. The van der Waals surface area contributed by atoms with Gasteiger partial charge < -0.3 is 4.52 Å². The van der Waals surface area contributed by atoms with Crippen LogP contribution in [-0.2, 0) is 6.54 Å². The Morgan fingerprint density at radius 2 is 2.00 bits per heavy atom. The van der Waals surface area contributed by atoms with Crippen LogP contribution in [0.1, 0.15) is 29.6 Å². The van der Waals surface area contributed by atoms with E-state index in [-0.39, 0.29) is 0 Å². The van der Waals surface area contributed by atoms with Gasteiger partial charge in [0.15, 0.2) is 5.76 Å². The van der Waals surface area contributed by atoms with Gasteiger partial charge in [-0.15, -0.1) is 0 Å². The Morgan fingerprint density at radius 1 is 1.17 bits per heavy atom. The SMILES string of the molecule is Cc1cc(C)n(C2CCN(Cc3cc(-c4ccccc4)no3)C2)n1. The third kappa shape index (κ3) is 2.99. The molecule has 4 rings (SSSR count). The molecule has 0 saturated carbocycles. The summed E-state index contributed by atoms with van der Waals surface area (Å²) in [4.78, 5) is 2.41. The van der Waals surface area contributed by atoms with Crippen molar-refractivity contribution < 1.29 is 4.52 Å². The molecular weight excluding hydrogens is 300 g/mol. The van der Waals surface area contributed by atoms with Gasteiger partial charge in [0.1, 0.15) is 5.69 Å². The summed E-state index contributed by atoms with van der Waals surface area (Å²) in [5.74, 6) is 0.919. The average molecular weight is 322 g/mol. The van der Waals surface area contributed by atoms with Crippen molar-refractivity contribution in [1.82, 2.24) is 19.8 Å². The molecule has 0 bridgehead atoms. The largest absolute Gasteiger partial charge is 0.359 e. The molecule has 24 heavy (non-hydrogen) atoms. The fraction of sp³-hybridized carbons (Fsp3) is 0.368. The Kier molecular flexibility index (Phi) is 3.94. The molecule has 2 aromatic heterocycles. The fourth-order valence-electron chi connectivity index (χ4n) is 3.52. The number of hydrogen-bond donors (Lipinski definition) is 0. The average Bonchev–Trinajstić information content (AvgIpc) is 3.29. The summed E-state index contributed by atoms with van der Waals surface area (Å²) in [6.45, 7) is 7.05. The number of nitrogens with zero attached hydrogens (tertiary/aromatic N) is 4. The summed E-state index contributed by atoms with van der Waals surface area (Å²) in [7, 11) is 0. The summed E-state index contributed by atoms with van der Waals surface area (Å²) < 4.78 is 7.71. The van der Waals surface area contributed by atoms with E-state index in [1.54, 1.807) is 0 Å². The van der Waals surface area contributed by atoms with Crippen LogP contribution in [-0.4, -0.2) is 32.9 Å². The minimum Gasteiger partial charge on any atom is -0.359 e. The van der Waals surface area contributed by atoms with Crippen molar-refractivity contribution in [3.8, 4) is 11.3 Å². The monoisotopic (exact) mass is 322 g/mol. The zero-order valence-electron chi connectivity index (χ0n) is 14.1. The molecule has 1 unspecified atom stereocenters. The molecule has 1 atom stereocenters. The normalized spacial score (nSPS) is 18.3. The van der Waals surface area contributed by atoms with Crippen molar-refractivity contribution in [2.75, 3.05) is 13.1 Å². The molecule has 0 radical (unpaired) electrons. The van der Waals surface area contributed by atoms with Crippen LogP contribution >= 0.6 is 0 Å². The number of aryl methyl sites for hydroxylation is 2. The maximum Gasteiger partial charge on any atom is 0.151 e. The van der Waals surface area contributed by atoms with Crippen molar-refractivity contribution in [2.45, 2.75) is 32.9 Å². The van der Waals surface area contributed by atoms with Crippen LogP contribution in [0.15, 0.2) is 47.0 Å². The Hall–Kier alpha value is -2.40. The van der Waals surface area contributed by atoms with Crippen LogP contribution in [0.3, 0.4) is 0 Å². The molecule has 0 aliphatic carbocycles. The summed E-state index contributed by atoms with van der Waals surface area (Å²) >= 11 is 0. The minimum absolute atomic E-state index is 0.454. The maximum atomic E-state index is 5.54. The number of benzene rings is 1. The topological polar surface area (TPSA) is 47.1 Å². The Morgan fingerprint density at radius 3 is 2.75 bits per heavy atom. The predicted molar refractivity (Wildman–Crippen MR) is 92.6 cm³/mol. The van der Waals surface area contributed by atoms with Crippen molar-refractivity contribution in [3.05, 3.63) is 59.6 Å². The molecule has 5 heteroatoms. The van der Waals surface area contributed by atoms with Gasteiger partial charge in [-0.25, -0.2) is 0 Å². The first-order valence-electron chi connectivity index (χ1n) is 8.45. The van der Waals surface area contributed by atoms with E-state index in [2.05, 4.69) is 51.9 Å². The number of aromatic nitrogens is 3. The van der Waals surface area contributed by atoms with E-state index in [9.17, 15) is 0 Å². The molecule has 3 heterocycles.